The molecule has 0 atom stereocenters. The molecule has 2 rings (SSSR count). The summed E-state index contributed by atoms with van der Waals surface area (Å²) in [7, 11) is 1.91. The minimum Gasteiger partial charge on any atom is -0.331 e. The molecule has 96 valence electrons. The van der Waals surface area contributed by atoms with Crippen molar-refractivity contribution in [3.63, 3.8) is 0 Å². The highest BCUT2D eigenvalue weighted by atomic mass is 15.3. The average Bonchev–Trinajstić information content (AvgIpc) is 2.73. The Morgan fingerprint density at radius 3 is 2.56 bits per heavy atom. The quantitative estimate of drug-likeness (QED) is 0.635. The van der Waals surface area contributed by atoms with Gasteiger partial charge in [-0.05, 0) is 12.8 Å². The summed E-state index contributed by atoms with van der Waals surface area (Å²) < 4.78 is 1.88. The van der Waals surface area contributed by atoms with Crippen molar-refractivity contribution >= 4 is 5.82 Å². The van der Waals surface area contributed by atoms with Crippen LogP contribution in [0.2, 0.25) is 0 Å². The summed E-state index contributed by atoms with van der Waals surface area (Å²) in [6.07, 6.45) is 3.46. The molecule has 6 nitrogen and oxygen atoms in total. The summed E-state index contributed by atoms with van der Waals surface area (Å²) in [6, 6.07) is 0. The number of hydrogen-bond donors (Lipinski definition) is 2. The van der Waals surface area contributed by atoms with Crippen LogP contribution in [-0.4, -0.2) is 19.5 Å². The Hall–Kier alpha value is -1.95. The van der Waals surface area contributed by atoms with Crippen molar-refractivity contribution in [3.05, 3.63) is 23.8 Å². The third kappa shape index (κ3) is 2.06. The number of nitrogens with zero attached hydrogens (tertiary/aromatic N) is 4. The summed E-state index contributed by atoms with van der Waals surface area (Å²) in [6.45, 7) is 6.16. The molecular formula is C12H18N6. The van der Waals surface area contributed by atoms with Gasteiger partial charge in [0.05, 0.1) is 12.5 Å². The van der Waals surface area contributed by atoms with Crippen molar-refractivity contribution < 1.29 is 0 Å². The van der Waals surface area contributed by atoms with E-state index in [0.29, 0.717) is 17.6 Å². The van der Waals surface area contributed by atoms with E-state index in [1.807, 2.05) is 18.5 Å². The molecule has 0 amide bonds. The Balaban J connectivity index is 2.60. The minimum atomic E-state index is 0.316. The maximum absolute atomic E-state index is 5.55. The van der Waals surface area contributed by atoms with Crippen LogP contribution in [0.3, 0.4) is 0 Å². The number of nitrogens with two attached hydrogens (primary N) is 1. The van der Waals surface area contributed by atoms with Crippen LogP contribution in [0.5, 0.6) is 0 Å². The number of anilines is 1. The van der Waals surface area contributed by atoms with Gasteiger partial charge in [0.15, 0.2) is 5.82 Å². The van der Waals surface area contributed by atoms with Crippen molar-refractivity contribution in [2.45, 2.75) is 26.7 Å². The number of hydrogen-bond acceptors (Lipinski definition) is 5. The second-order valence-corrected chi connectivity index (χ2v) is 4.58. The van der Waals surface area contributed by atoms with Gasteiger partial charge in [0.2, 0.25) is 0 Å². The summed E-state index contributed by atoms with van der Waals surface area (Å²) in [5.74, 6) is 7.18. The Bertz CT molecular complexity index is 558. The van der Waals surface area contributed by atoms with Crippen LogP contribution in [0.1, 0.15) is 31.0 Å². The Morgan fingerprint density at radius 2 is 2.06 bits per heavy atom. The van der Waals surface area contributed by atoms with Crippen LogP contribution < -0.4 is 11.3 Å². The standard InChI is InChI=1S/C12H18N6/c1-7(2)10-8(3)15-11(16-12(10)17-13)9-5-14-6-18(9)4/h5-7H,13H2,1-4H3,(H,15,16,17). The van der Waals surface area contributed by atoms with Gasteiger partial charge >= 0.3 is 0 Å². The monoisotopic (exact) mass is 246 g/mol. The number of aryl methyl sites for hydroxylation is 2. The number of aromatic nitrogens is 4. The molecule has 0 fully saturated rings. The summed E-state index contributed by atoms with van der Waals surface area (Å²) in [5, 5.41) is 0. The predicted octanol–water partition coefficient (Wildman–Crippen LogP) is 1.59. The van der Waals surface area contributed by atoms with E-state index in [0.717, 1.165) is 17.0 Å². The topological polar surface area (TPSA) is 81.7 Å². The zero-order valence-corrected chi connectivity index (χ0v) is 11.1. The highest BCUT2D eigenvalue weighted by molar-refractivity contribution is 5.56. The fourth-order valence-electron chi connectivity index (χ4n) is 2.07. The molecule has 3 N–H and O–H groups in total. The van der Waals surface area contributed by atoms with Crippen molar-refractivity contribution in [1.29, 1.82) is 0 Å². The van der Waals surface area contributed by atoms with E-state index >= 15 is 0 Å². The second kappa shape index (κ2) is 4.73. The van der Waals surface area contributed by atoms with Crippen molar-refractivity contribution in [2.24, 2.45) is 12.9 Å². The molecule has 2 aromatic rings. The number of nitrogen functional groups attached to an aromatic ring is 1. The van der Waals surface area contributed by atoms with E-state index in [2.05, 4.69) is 34.2 Å². The van der Waals surface area contributed by atoms with E-state index < -0.39 is 0 Å². The van der Waals surface area contributed by atoms with Crippen LogP contribution in [-0.2, 0) is 7.05 Å². The molecule has 6 heteroatoms. The normalized spacial score (nSPS) is 11.0. The number of imidazole rings is 1. The first kappa shape index (κ1) is 12.5. The molecule has 0 spiro atoms. The second-order valence-electron chi connectivity index (χ2n) is 4.58. The lowest BCUT2D eigenvalue weighted by Gasteiger charge is -2.15. The van der Waals surface area contributed by atoms with Crippen molar-refractivity contribution in [2.75, 3.05) is 5.43 Å². The molecule has 0 bridgehead atoms. The SMILES string of the molecule is Cc1nc(-c2cncn2C)nc(NN)c1C(C)C. The van der Waals surface area contributed by atoms with Gasteiger partial charge in [-0.15, -0.1) is 0 Å². The first-order chi connectivity index (χ1) is 8.54. The maximum atomic E-state index is 5.55. The van der Waals surface area contributed by atoms with E-state index in [9.17, 15) is 0 Å². The van der Waals surface area contributed by atoms with Crippen LogP contribution in [0, 0.1) is 6.92 Å². The van der Waals surface area contributed by atoms with Crippen LogP contribution in [0.25, 0.3) is 11.5 Å². The van der Waals surface area contributed by atoms with Crippen LogP contribution >= 0.6 is 0 Å². The predicted molar refractivity (Wildman–Crippen MR) is 70.9 cm³/mol. The molecule has 0 unspecified atom stereocenters. The number of nitrogens with one attached hydrogen (secondary N) is 1. The Kier molecular flexibility index (Phi) is 3.29. The molecule has 0 saturated heterocycles. The van der Waals surface area contributed by atoms with Gasteiger partial charge in [0.1, 0.15) is 11.5 Å². The number of rotatable bonds is 3. The maximum Gasteiger partial charge on any atom is 0.180 e. The van der Waals surface area contributed by atoms with Gasteiger partial charge in [0.25, 0.3) is 0 Å². The Labute approximate surface area is 106 Å². The van der Waals surface area contributed by atoms with Crippen molar-refractivity contribution in [3.8, 4) is 11.5 Å². The lowest BCUT2D eigenvalue weighted by atomic mass is 10.0. The molecule has 0 radical (unpaired) electrons. The first-order valence-electron chi connectivity index (χ1n) is 5.86. The molecule has 18 heavy (non-hydrogen) atoms. The minimum absolute atomic E-state index is 0.316. The van der Waals surface area contributed by atoms with Gasteiger partial charge in [-0.1, -0.05) is 13.8 Å². The molecule has 0 aromatic carbocycles. The summed E-state index contributed by atoms with van der Waals surface area (Å²) in [5.41, 5.74) is 5.50. The molecule has 0 saturated carbocycles. The summed E-state index contributed by atoms with van der Waals surface area (Å²) in [4.78, 5) is 13.1. The average molecular weight is 246 g/mol. The van der Waals surface area contributed by atoms with E-state index in [1.54, 1.807) is 12.5 Å². The largest absolute Gasteiger partial charge is 0.331 e. The van der Waals surface area contributed by atoms with E-state index in [1.165, 1.54) is 0 Å². The fraction of sp³-hybridized carbons (Fsp3) is 0.417. The molecule has 0 aliphatic heterocycles. The fourth-order valence-corrected chi connectivity index (χ4v) is 2.07. The highest BCUT2D eigenvalue weighted by Gasteiger charge is 2.16. The summed E-state index contributed by atoms with van der Waals surface area (Å²) >= 11 is 0. The first-order valence-corrected chi connectivity index (χ1v) is 5.86. The lowest BCUT2D eigenvalue weighted by Crippen LogP contribution is -2.15. The third-order valence-corrected chi connectivity index (χ3v) is 2.90. The lowest BCUT2D eigenvalue weighted by molar-refractivity contribution is 0.827. The van der Waals surface area contributed by atoms with Gasteiger partial charge in [-0.2, -0.15) is 0 Å². The van der Waals surface area contributed by atoms with E-state index in [4.69, 9.17) is 5.84 Å². The van der Waals surface area contributed by atoms with Crippen molar-refractivity contribution in [1.82, 2.24) is 19.5 Å². The van der Waals surface area contributed by atoms with E-state index in [-0.39, 0.29) is 0 Å². The van der Waals surface area contributed by atoms with Crippen LogP contribution in [0.4, 0.5) is 5.82 Å². The van der Waals surface area contributed by atoms with Gasteiger partial charge < -0.3 is 9.99 Å². The molecule has 0 aliphatic carbocycles. The zero-order valence-electron chi connectivity index (χ0n) is 11.1. The van der Waals surface area contributed by atoms with Gasteiger partial charge in [-0.3, -0.25) is 0 Å². The molecular weight excluding hydrogens is 228 g/mol. The third-order valence-electron chi connectivity index (χ3n) is 2.90. The number of hydrazine groups is 1. The smallest absolute Gasteiger partial charge is 0.180 e. The van der Waals surface area contributed by atoms with Gasteiger partial charge in [-0.25, -0.2) is 20.8 Å². The Morgan fingerprint density at radius 1 is 1.33 bits per heavy atom. The molecule has 0 aliphatic rings. The molecule has 2 heterocycles. The zero-order chi connectivity index (χ0) is 13.3. The van der Waals surface area contributed by atoms with Gasteiger partial charge in [0, 0.05) is 18.3 Å². The van der Waals surface area contributed by atoms with Crippen LogP contribution in [0.15, 0.2) is 12.5 Å². The molecule has 2 aromatic heterocycles. The highest BCUT2D eigenvalue weighted by Crippen LogP contribution is 2.27.